The lowest BCUT2D eigenvalue weighted by atomic mass is 9.68. The lowest BCUT2D eigenvalue weighted by Gasteiger charge is -2.38. The fourth-order valence-electron chi connectivity index (χ4n) is 5.06. The van der Waals surface area contributed by atoms with Gasteiger partial charge in [0.15, 0.2) is 11.6 Å². The summed E-state index contributed by atoms with van der Waals surface area (Å²) in [4.78, 5) is 0. The molecule has 0 spiro atoms. The molecular weight excluding hydrogens is 330 g/mol. The van der Waals surface area contributed by atoms with Crippen molar-refractivity contribution in [3.05, 3.63) is 29.3 Å². The molecule has 3 rings (SSSR count). The van der Waals surface area contributed by atoms with Crippen LogP contribution in [0.1, 0.15) is 70.8 Å². The first-order valence-electron chi connectivity index (χ1n) is 10.5. The van der Waals surface area contributed by atoms with Crippen LogP contribution in [0.5, 0.6) is 5.75 Å². The van der Waals surface area contributed by atoms with Crippen molar-refractivity contribution in [1.82, 2.24) is 0 Å². The van der Waals surface area contributed by atoms with Crippen LogP contribution in [0.3, 0.4) is 0 Å². The molecule has 0 amide bonds. The first-order valence-corrected chi connectivity index (χ1v) is 10.5. The summed E-state index contributed by atoms with van der Waals surface area (Å²) in [5.41, 5.74) is 0.322. The van der Waals surface area contributed by atoms with Gasteiger partial charge >= 0.3 is 0 Å². The van der Waals surface area contributed by atoms with Crippen molar-refractivity contribution in [2.24, 2.45) is 29.6 Å². The molecule has 1 nitrogen and oxygen atoms in total. The van der Waals surface area contributed by atoms with E-state index in [1.807, 2.05) is 0 Å². The molecule has 0 N–H and O–H groups in total. The summed E-state index contributed by atoms with van der Waals surface area (Å²) in [5, 5.41) is 0. The Morgan fingerprint density at radius 3 is 2.04 bits per heavy atom. The lowest BCUT2D eigenvalue weighted by Crippen LogP contribution is -2.28. The van der Waals surface area contributed by atoms with E-state index in [1.54, 1.807) is 19.1 Å². The zero-order chi connectivity index (χ0) is 18.7. The Morgan fingerprint density at radius 1 is 0.885 bits per heavy atom. The number of benzene rings is 1. The second kappa shape index (κ2) is 8.71. The van der Waals surface area contributed by atoms with Crippen molar-refractivity contribution in [3.63, 3.8) is 0 Å². The van der Waals surface area contributed by atoms with E-state index in [-0.39, 0.29) is 5.75 Å². The third kappa shape index (κ3) is 4.58. The minimum atomic E-state index is -0.847. The van der Waals surface area contributed by atoms with Gasteiger partial charge in [0.25, 0.3) is 0 Å². The van der Waals surface area contributed by atoms with Crippen LogP contribution in [0.25, 0.3) is 0 Å². The van der Waals surface area contributed by atoms with Crippen LogP contribution < -0.4 is 4.74 Å². The number of rotatable bonds is 5. The molecule has 0 atom stereocenters. The molecule has 1 aromatic rings. The minimum absolute atomic E-state index is 0.0576. The van der Waals surface area contributed by atoms with Gasteiger partial charge in [0.05, 0.1) is 6.61 Å². The quantitative estimate of drug-likeness (QED) is 0.551. The molecule has 0 aliphatic heterocycles. The molecule has 0 unspecified atom stereocenters. The Labute approximate surface area is 157 Å². The average molecular weight is 365 g/mol. The van der Waals surface area contributed by atoms with Crippen LogP contribution in [0, 0.1) is 48.1 Å². The molecule has 146 valence electrons. The lowest BCUT2D eigenvalue weighted by molar-refractivity contribution is 0.113. The molecule has 0 bridgehead atoms. The number of aryl methyl sites for hydroxylation is 1. The van der Waals surface area contributed by atoms with Crippen LogP contribution >= 0.6 is 0 Å². The van der Waals surface area contributed by atoms with Gasteiger partial charge < -0.3 is 4.74 Å². The second-order valence-corrected chi connectivity index (χ2v) is 9.02. The van der Waals surface area contributed by atoms with Crippen LogP contribution in [0.2, 0.25) is 0 Å². The van der Waals surface area contributed by atoms with Crippen LogP contribution in [-0.4, -0.2) is 6.61 Å². The maximum Gasteiger partial charge on any atom is 0.200 e. The van der Waals surface area contributed by atoms with Gasteiger partial charge in [-0.2, -0.15) is 4.39 Å². The maximum absolute atomic E-state index is 13.9. The monoisotopic (exact) mass is 364 g/mol. The Kier molecular flexibility index (Phi) is 6.58. The molecule has 0 saturated heterocycles. The number of ether oxygens (including phenoxy) is 1. The van der Waals surface area contributed by atoms with Gasteiger partial charge in [-0.1, -0.05) is 19.9 Å². The number of halogens is 2. The van der Waals surface area contributed by atoms with Crippen molar-refractivity contribution in [1.29, 1.82) is 0 Å². The van der Waals surface area contributed by atoms with Crippen molar-refractivity contribution < 1.29 is 13.5 Å². The van der Waals surface area contributed by atoms with Crippen LogP contribution in [0.15, 0.2) is 12.1 Å². The molecule has 3 heteroatoms. The van der Waals surface area contributed by atoms with Gasteiger partial charge in [-0.25, -0.2) is 4.39 Å². The Hall–Kier alpha value is -1.12. The molecule has 0 aromatic heterocycles. The van der Waals surface area contributed by atoms with Crippen LogP contribution in [0.4, 0.5) is 8.78 Å². The Bertz CT molecular complexity index is 582. The summed E-state index contributed by atoms with van der Waals surface area (Å²) >= 11 is 0. The zero-order valence-electron chi connectivity index (χ0n) is 16.6. The third-order valence-electron chi connectivity index (χ3n) is 7.03. The van der Waals surface area contributed by atoms with E-state index < -0.39 is 11.6 Å². The molecule has 0 radical (unpaired) electrons. The topological polar surface area (TPSA) is 9.23 Å². The Morgan fingerprint density at radius 2 is 1.46 bits per heavy atom. The van der Waals surface area contributed by atoms with Crippen molar-refractivity contribution in [3.8, 4) is 5.75 Å². The summed E-state index contributed by atoms with van der Waals surface area (Å²) in [6, 6.07) is 3.13. The minimum Gasteiger partial charge on any atom is -0.490 e. The molecule has 1 aromatic carbocycles. The van der Waals surface area contributed by atoms with E-state index in [2.05, 4.69) is 13.8 Å². The predicted octanol–water partition coefficient (Wildman–Crippen LogP) is 6.92. The van der Waals surface area contributed by atoms with E-state index in [1.165, 1.54) is 38.5 Å². The highest BCUT2D eigenvalue weighted by Crippen LogP contribution is 2.42. The second-order valence-electron chi connectivity index (χ2n) is 9.02. The first kappa shape index (κ1) is 19.6. The summed E-state index contributed by atoms with van der Waals surface area (Å²) in [6.45, 7) is 6.79. The molecule has 2 aliphatic carbocycles. The predicted molar refractivity (Wildman–Crippen MR) is 102 cm³/mol. The van der Waals surface area contributed by atoms with Gasteiger partial charge in [-0.05, 0) is 99.5 Å². The van der Waals surface area contributed by atoms with Crippen molar-refractivity contribution in [2.75, 3.05) is 6.61 Å². The standard InChI is InChI=1S/C23H34F2O/c1-15(2)18-9-11-20(12-10-18)19-7-5-17(6-8-19)14-26-21-13-4-16(3)22(24)23(21)25/h4,13,15,17-20H,5-12,14H2,1-3H3. The highest BCUT2D eigenvalue weighted by molar-refractivity contribution is 5.30. The summed E-state index contributed by atoms with van der Waals surface area (Å²) < 4.78 is 33.2. The maximum atomic E-state index is 13.9. The van der Waals surface area contributed by atoms with Gasteiger partial charge in [-0.3, -0.25) is 0 Å². The van der Waals surface area contributed by atoms with Gasteiger partial charge in [-0.15, -0.1) is 0 Å². The summed E-state index contributed by atoms with van der Waals surface area (Å²) in [7, 11) is 0. The van der Waals surface area contributed by atoms with E-state index in [0.717, 1.165) is 36.5 Å². The van der Waals surface area contributed by atoms with Crippen molar-refractivity contribution >= 4 is 0 Å². The highest BCUT2D eigenvalue weighted by Gasteiger charge is 2.31. The molecule has 0 heterocycles. The van der Waals surface area contributed by atoms with Crippen molar-refractivity contribution in [2.45, 2.75) is 72.1 Å². The van der Waals surface area contributed by atoms with Gasteiger partial charge in [0.1, 0.15) is 0 Å². The van der Waals surface area contributed by atoms with Crippen LogP contribution in [-0.2, 0) is 0 Å². The number of hydrogen-bond acceptors (Lipinski definition) is 1. The van der Waals surface area contributed by atoms with Gasteiger partial charge in [0.2, 0.25) is 5.82 Å². The number of hydrogen-bond donors (Lipinski definition) is 0. The fraction of sp³-hybridized carbons (Fsp3) is 0.739. The first-order chi connectivity index (χ1) is 12.5. The van der Waals surface area contributed by atoms with E-state index >= 15 is 0 Å². The SMILES string of the molecule is Cc1ccc(OCC2CCC(C3CCC(C(C)C)CC3)CC2)c(F)c1F. The highest BCUT2D eigenvalue weighted by atomic mass is 19.2. The summed E-state index contributed by atoms with van der Waals surface area (Å²) in [5.74, 6) is 2.44. The smallest absolute Gasteiger partial charge is 0.200 e. The molecule has 26 heavy (non-hydrogen) atoms. The molecule has 2 fully saturated rings. The summed E-state index contributed by atoms with van der Waals surface area (Å²) in [6.07, 6.45) is 10.5. The normalized spacial score (nSPS) is 29.8. The van der Waals surface area contributed by atoms with Gasteiger partial charge in [0, 0.05) is 0 Å². The fourth-order valence-corrected chi connectivity index (χ4v) is 5.06. The van der Waals surface area contributed by atoms with E-state index in [4.69, 9.17) is 4.74 Å². The molecule has 2 aliphatic rings. The molecule has 2 saturated carbocycles. The average Bonchev–Trinajstić information content (AvgIpc) is 2.66. The largest absolute Gasteiger partial charge is 0.490 e. The zero-order valence-corrected chi connectivity index (χ0v) is 16.6. The Balaban J connectivity index is 1.43. The molecular formula is C23H34F2O. The third-order valence-corrected chi connectivity index (χ3v) is 7.03. The van der Waals surface area contributed by atoms with E-state index in [9.17, 15) is 8.78 Å². The van der Waals surface area contributed by atoms with E-state index in [0.29, 0.717) is 18.1 Å².